The highest BCUT2D eigenvalue weighted by atomic mass is 32.2. The predicted molar refractivity (Wildman–Crippen MR) is 107 cm³/mol. The van der Waals surface area contributed by atoms with E-state index in [4.69, 9.17) is 0 Å². The molecule has 0 saturated carbocycles. The zero-order valence-corrected chi connectivity index (χ0v) is 16.9. The molecule has 1 saturated heterocycles. The maximum absolute atomic E-state index is 13.1. The van der Waals surface area contributed by atoms with Gasteiger partial charge in [0.25, 0.3) is 5.69 Å². The van der Waals surface area contributed by atoms with Crippen LogP contribution in [0.4, 0.5) is 5.69 Å². The van der Waals surface area contributed by atoms with Crippen LogP contribution in [0.25, 0.3) is 16.7 Å². The average molecular weight is 415 g/mol. The van der Waals surface area contributed by atoms with Gasteiger partial charge in [0.05, 0.1) is 15.3 Å². The lowest BCUT2D eigenvalue weighted by atomic mass is 9.94. The molecule has 0 radical (unpaired) electrons. The van der Waals surface area contributed by atoms with Gasteiger partial charge in [-0.05, 0) is 42.5 Å². The van der Waals surface area contributed by atoms with Gasteiger partial charge < -0.3 is 0 Å². The monoisotopic (exact) mass is 415 g/mol. The third kappa shape index (κ3) is 3.49. The molecule has 2 heterocycles. The fourth-order valence-electron chi connectivity index (χ4n) is 3.99. The topological polar surface area (TPSA) is 111 Å². The summed E-state index contributed by atoms with van der Waals surface area (Å²) >= 11 is 0. The van der Waals surface area contributed by atoms with Crippen LogP contribution >= 0.6 is 0 Å². The molecule has 0 unspecified atom stereocenters. The first-order valence-electron chi connectivity index (χ1n) is 9.37. The SMILES string of the molecule is C[C@H]1C[C@H](C)CN(S(=O)(=O)c2ccc(-n3nnc4ccccc43)c([N+](=O)[O-])c2)C1. The number of rotatable bonds is 4. The second-order valence-electron chi connectivity index (χ2n) is 7.67. The van der Waals surface area contributed by atoms with E-state index < -0.39 is 14.9 Å². The van der Waals surface area contributed by atoms with Crippen molar-refractivity contribution in [3.63, 3.8) is 0 Å². The van der Waals surface area contributed by atoms with Crippen molar-refractivity contribution in [3.8, 4) is 5.69 Å². The predicted octanol–water partition coefficient (Wildman–Crippen LogP) is 3.00. The highest BCUT2D eigenvalue weighted by Gasteiger charge is 2.33. The van der Waals surface area contributed by atoms with E-state index in [0.717, 1.165) is 12.5 Å². The van der Waals surface area contributed by atoms with Crippen molar-refractivity contribution in [2.24, 2.45) is 11.8 Å². The van der Waals surface area contributed by atoms with Crippen molar-refractivity contribution >= 4 is 26.7 Å². The lowest BCUT2D eigenvalue weighted by Gasteiger charge is -2.34. The Morgan fingerprint density at radius 2 is 1.79 bits per heavy atom. The Morgan fingerprint density at radius 1 is 1.10 bits per heavy atom. The Hall–Kier alpha value is -2.85. The molecule has 4 rings (SSSR count). The summed E-state index contributed by atoms with van der Waals surface area (Å²) in [6, 6.07) is 11.0. The van der Waals surface area contributed by atoms with Gasteiger partial charge in [-0.25, -0.2) is 13.1 Å². The first-order chi connectivity index (χ1) is 13.8. The van der Waals surface area contributed by atoms with Crippen LogP contribution in [-0.2, 0) is 10.0 Å². The number of para-hydroxylation sites is 1. The standard InChI is InChI=1S/C19H21N5O4S/c1-13-9-14(2)12-22(11-13)29(27,28)15-7-8-18(19(10-15)24(25)26)23-17-6-4-3-5-16(17)20-21-23/h3-8,10,13-14H,9,11-12H2,1-2H3/t13-,14-/m0/s1. The van der Waals surface area contributed by atoms with E-state index in [1.54, 1.807) is 24.3 Å². The van der Waals surface area contributed by atoms with Gasteiger partial charge in [-0.2, -0.15) is 4.31 Å². The van der Waals surface area contributed by atoms with E-state index in [2.05, 4.69) is 10.3 Å². The van der Waals surface area contributed by atoms with Crippen LogP contribution in [0.5, 0.6) is 0 Å². The first-order valence-corrected chi connectivity index (χ1v) is 10.8. The van der Waals surface area contributed by atoms with E-state index in [-0.39, 0.29) is 28.1 Å². The van der Waals surface area contributed by atoms with E-state index in [1.165, 1.54) is 21.1 Å². The van der Waals surface area contributed by atoms with E-state index in [9.17, 15) is 18.5 Å². The number of hydrogen-bond acceptors (Lipinski definition) is 6. The number of nitro groups is 1. The smallest absolute Gasteiger partial charge is 0.258 e. The summed E-state index contributed by atoms with van der Waals surface area (Å²) in [6.45, 7) is 4.85. The summed E-state index contributed by atoms with van der Waals surface area (Å²) in [5.41, 5.74) is 1.03. The second kappa shape index (κ2) is 7.20. The van der Waals surface area contributed by atoms with Gasteiger partial charge in [-0.15, -0.1) is 5.10 Å². The van der Waals surface area contributed by atoms with E-state index >= 15 is 0 Å². The molecule has 0 amide bonds. The molecule has 0 N–H and O–H groups in total. The van der Waals surface area contributed by atoms with E-state index in [0.29, 0.717) is 24.1 Å². The van der Waals surface area contributed by atoms with Crippen molar-refractivity contribution in [2.45, 2.75) is 25.2 Å². The Balaban J connectivity index is 1.80. The minimum atomic E-state index is -3.83. The van der Waals surface area contributed by atoms with Crippen molar-refractivity contribution in [3.05, 3.63) is 52.6 Å². The largest absolute Gasteiger partial charge is 0.296 e. The van der Waals surface area contributed by atoms with Crippen molar-refractivity contribution in [2.75, 3.05) is 13.1 Å². The fraction of sp³-hybridized carbons (Fsp3) is 0.368. The molecule has 1 aliphatic heterocycles. The van der Waals surface area contributed by atoms with Crippen molar-refractivity contribution in [1.82, 2.24) is 19.3 Å². The number of nitrogens with zero attached hydrogens (tertiary/aromatic N) is 5. The lowest BCUT2D eigenvalue weighted by Crippen LogP contribution is -2.42. The minimum Gasteiger partial charge on any atom is -0.258 e. The first kappa shape index (κ1) is 19.5. The van der Waals surface area contributed by atoms with Gasteiger partial charge >= 0.3 is 0 Å². The van der Waals surface area contributed by atoms with Crippen LogP contribution in [0, 0.1) is 22.0 Å². The molecule has 0 bridgehead atoms. The summed E-state index contributed by atoms with van der Waals surface area (Å²) in [4.78, 5) is 11.1. The van der Waals surface area contributed by atoms with Crippen LogP contribution in [-0.4, -0.2) is 45.7 Å². The maximum Gasteiger partial charge on any atom is 0.296 e. The number of piperidine rings is 1. The number of nitro benzene ring substituents is 1. The van der Waals surface area contributed by atoms with Crippen LogP contribution in [0.2, 0.25) is 0 Å². The van der Waals surface area contributed by atoms with Gasteiger partial charge in [0, 0.05) is 19.2 Å². The quantitative estimate of drug-likeness (QED) is 0.478. The normalized spacial score (nSPS) is 20.8. The van der Waals surface area contributed by atoms with Crippen LogP contribution < -0.4 is 0 Å². The zero-order valence-electron chi connectivity index (χ0n) is 16.1. The highest BCUT2D eigenvalue weighted by molar-refractivity contribution is 7.89. The molecule has 1 aliphatic rings. The molecule has 1 aromatic heterocycles. The Kier molecular flexibility index (Phi) is 4.83. The van der Waals surface area contributed by atoms with Gasteiger partial charge in [0.1, 0.15) is 11.2 Å². The zero-order chi connectivity index (χ0) is 20.8. The number of hydrogen-bond donors (Lipinski definition) is 0. The minimum absolute atomic E-state index is 0.0846. The maximum atomic E-state index is 13.1. The second-order valence-corrected chi connectivity index (χ2v) is 9.60. The number of sulfonamides is 1. The Bertz CT molecular complexity index is 1180. The van der Waals surface area contributed by atoms with Crippen LogP contribution in [0.3, 0.4) is 0 Å². The number of benzene rings is 2. The molecular weight excluding hydrogens is 394 g/mol. The molecule has 1 fully saturated rings. The molecule has 3 aromatic rings. The van der Waals surface area contributed by atoms with Gasteiger partial charge in [0.15, 0.2) is 0 Å². The lowest BCUT2D eigenvalue weighted by molar-refractivity contribution is -0.384. The third-order valence-corrected chi connectivity index (χ3v) is 7.02. The molecule has 0 spiro atoms. The van der Waals surface area contributed by atoms with Gasteiger partial charge in [-0.3, -0.25) is 10.1 Å². The fourth-order valence-corrected chi connectivity index (χ4v) is 5.69. The van der Waals surface area contributed by atoms with Gasteiger partial charge in [-0.1, -0.05) is 31.2 Å². The van der Waals surface area contributed by atoms with Gasteiger partial charge in [0.2, 0.25) is 10.0 Å². The average Bonchev–Trinajstić information content (AvgIpc) is 3.10. The molecule has 10 heteroatoms. The number of aromatic nitrogens is 3. The summed E-state index contributed by atoms with van der Waals surface area (Å²) in [5, 5.41) is 19.8. The summed E-state index contributed by atoms with van der Waals surface area (Å²) in [6.07, 6.45) is 0.963. The van der Waals surface area contributed by atoms with Crippen LogP contribution in [0.1, 0.15) is 20.3 Å². The molecule has 9 nitrogen and oxygen atoms in total. The molecule has 2 aromatic carbocycles. The molecule has 2 atom stereocenters. The Labute approximate surface area is 168 Å². The van der Waals surface area contributed by atoms with E-state index in [1.807, 2.05) is 13.8 Å². The van der Waals surface area contributed by atoms with Crippen LogP contribution in [0.15, 0.2) is 47.4 Å². The third-order valence-electron chi connectivity index (χ3n) is 5.20. The molecule has 0 aliphatic carbocycles. The highest BCUT2D eigenvalue weighted by Crippen LogP contribution is 2.31. The summed E-state index contributed by atoms with van der Waals surface area (Å²) in [5.74, 6) is 0.480. The molecule has 152 valence electrons. The Morgan fingerprint density at radius 3 is 2.48 bits per heavy atom. The molecular formula is C19H21N5O4S. The molecule has 29 heavy (non-hydrogen) atoms. The van der Waals surface area contributed by atoms with Crippen molar-refractivity contribution < 1.29 is 13.3 Å². The summed E-state index contributed by atoms with van der Waals surface area (Å²) < 4.78 is 29.0. The number of fused-ring (bicyclic) bond motifs is 1. The summed E-state index contributed by atoms with van der Waals surface area (Å²) in [7, 11) is -3.83. The van der Waals surface area contributed by atoms with Crippen molar-refractivity contribution in [1.29, 1.82) is 0 Å².